The fourth-order valence-electron chi connectivity index (χ4n) is 2.63. The molecule has 0 fully saturated rings. The molecule has 0 saturated carbocycles. The topological polar surface area (TPSA) is 191 Å². The van der Waals surface area contributed by atoms with Gasteiger partial charge in [-0.1, -0.05) is 0 Å². The zero-order chi connectivity index (χ0) is 26.4. The molecule has 0 radical (unpaired) electrons. The summed E-state index contributed by atoms with van der Waals surface area (Å²) < 4.78 is 90.8. The fraction of sp³-hybridized carbons (Fsp3) is 0.200. The molecule has 11 nitrogen and oxygen atoms in total. The van der Waals surface area contributed by atoms with Gasteiger partial charge >= 0.3 is 0 Å². The van der Waals surface area contributed by atoms with Gasteiger partial charge < -0.3 is 16.2 Å². The number of hydrogen-bond acceptors (Lipinski definition) is 6. The van der Waals surface area contributed by atoms with Gasteiger partial charge in [0.05, 0.1) is 10.6 Å². The van der Waals surface area contributed by atoms with Crippen LogP contribution < -0.4 is 20.9 Å². The lowest BCUT2D eigenvalue weighted by Gasteiger charge is -2.10. The van der Waals surface area contributed by atoms with Crippen molar-refractivity contribution in [1.29, 1.82) is 0 Å². The first-order valence-corrected chi connectivity index (χ1v) is 12.8. The summed E-state index contributed by atoms with van der Waals surface area (Å²) in [6, 6.07) is 6.40. The van der Waals surface area contributed by atoms with Crippen LogP contribution >= 0.6 is 0 Å². The van der Waals surface area contributed by atoms with Crippen LogP contribution in [0.5, 0.6) is 11.5 Å². The number of aliphatic imine (C=N–C) groups is 1. The third-order valence-electron chi connectivity index (χ3n) is 4.20. The number of nitrogens with zero attached hydrogens (tertiary/aromatic N) is 1. The SMILES string of the molecule is CC(=Cc1cc(F)c(Oc2ccc(S(=O)(=O)NCCCS(=O)(=O)O)cc2)c(F)c1)C(=O)N=C(N)N. The van der Waals surface area contributed by atoms with Crippen molar-refractivity contribution in [2.75, 3.05) is 12.3 Å². The van der Waals surface area contributed by atoms with E-state index in [0.29, 0.717) is 0 Å². The summed E-state index contributed by atoms with van der Waals surface area (Å²) in [5.74, 6) is -4.86. The number of carbonyl (C=O) groups is 1. The number of nitrogens with one attached hydrogen (secondary N) is 1. The first kappa shape index (κ1) is 27.8. The predicted molar refractivity (Wildman–Crippen MR) is 124 cm³/mol. The van der Waals surface area contributed by atoms with Gasteiger partial charge in [0.1, 0.15) is 5.75 Å². The van der Waals surface area contributed by atoms with E-state index in [2.05, 4.69) is 9.71 Å². The van der Waals surface area contributed by atoms with Crippen molar-refractivity contribution in [3.8, 4) is 11.5 Å². The number of ether oxygens (including phenoxy) is 1. The Balaban J connectivity index is 2.13. The summed E-state index contributed by atoms with van der Waals surface area (Å²) in [7, 11) is -8.22. The van der Waals surface area contributed by atoms with Crippen LogP contribution in [0.1, 0.15) is 18.9 Å². The van der Waals surface area contributed by atoms with Crippen molar-refractivity contribution in [2.24, 2.45) is 16.5 Å². The van der Waals surface area contributed by atoms with Crippen molar-refractivity contribution < 1.29 is 39.7 Å². The maximum Gasteiger partial charge on any atom is 0.275 e. The first-order valence-electron chi connectivity index (χ1n) is 9.72. The molecule has 0 unspecified atom stereocenters. The average molecular weight is 533 g/mol. The van der Waals surface area contributed by atoms with Gasteiger partial charge in [0.25, 0.3) is 16.0 Å². The third-order valence-corrected chi connectivity index (χ3v) is 6.48. The number of benzene rings is 2. The standard InChI is InChI=1S/C20H22F2N4O7S2/c1-12(19(27)26-20(23)24)9-13-10-16(21)18(17(22)11-13)33-14-3-5-15(6-4-14)35(31,32)25-7-2-8-34(28,29)30/h3-6,9-11,25H,2,7-8H2,1H3,(H,28,29,30)(H4,23,24,26,27). The van der Waals surface area contributed by atoms with Crippen LogP contribution in [0, 0.1) is 11.6 Å². The normalized spacial score (nSPS) is 12.3. The summed E-state index contributed by atoms with van der Waals surface area (Å²) in [6.45, 7) is 1.11. The average Bonchev–Trinajstić information content (AvgIpc) is 2.73. The van der Waals surface area contributed by atoms with E-state index < -0.39 is 55.1 Å². The number of halogens is 2. The minimum atomic E-state index is -4.21. The highest BCUT2D eigenvalue weighted by atomic mass is 32.2. The molecule has 0 aliphatic rings. The van der Waals surface area contributed by atoms with Crippen LogP contribution in [0.3, 0.4) is 0 Å². The molecule has 15 heteroatoms. The molecule has 35 heavy (non-hydrogen) atoms. The van der Waals surface area contributed by atoms with E-state index >= 15 is 0 Å². The van der Waals surface area contributed by atoms with E-state index in [9.17, 15) is 30.4 Å². The molecule has 2 rings (SSSR count). The Morgan fingerprint density at radius 2 is 1.69 bits per heavy atom. The Kier molecular flexibility index (Phi) is 9.03. The highest BCUT2D eigenvalue weighted by Gasteiger charge is 2.17. The zero-order valence-electron chi connectivity index (χ0n) is 18.2. The van der Waals surface area contributed by atoms with Crippen LogP contribution in [-0.2, 0) is 24.9 Å². The molecular formula is C20H22F2N4O7S2. The molecule has 0 spiro atoms. The summed E-state index contributed by atoms with van der Waals surface area (Å²) in [5, 5.41) is 0. The molecule has 190 valence electrons. The monoisotopic (exact) mass is 532 g/mol. The molecule has 0 aliphatic heterocycles. The quantitative estimate of drug-likeness (QED) is 0.115. The molecule has 0 atom stereocenters. The van der Waals surface area contributed by atoms with Crippen LogP contribution in [0.15, 0.2) is 51.9 Å². The van der Waals surface area contributed by atoms with E-state index in [1.54, 1.807) is 0 Å². The Morgan fingerprint density at radius 3 is 2.20 bits per heavy atom. The molecule has 0 bridgehead atoms. The number of hydrogen-bond donors (Lipinski definition) is 4. The Bertz CT molecular complexity index is 1350. The number of amides is 1. The molecular weight excluding hydrogens is 510 g/mol. The molecule has 1 amide bonds. The summed E-state index contributed by atoms with van der Waals surface area (Å²) in [5.41, 5.74) is 10.3. The second kappa shape index (κ2) is 11.4. The van der Waals surface area contributed by atoms with E-state index in [0.717, 1.165) is 36.4 Å². The van der Waals surface area contributed by atoms with Crippen molar-refractivity contribution in [2.45, 2.75) is 18.2 Å². The molecule has 0 heterocycles. The van der Waals surface area contributed by atoms with Gasteiger partial charge in [0.15, 0.2) is 23.3 Å². The van der Waals surface area contributed by atoms with E-state index in [-0.39, 0.29) is 34.7 Å². The van der Waals surface area contributed by atoms with Gasteiger partial charge in [-0.3, -0.25) is 9.35 Å². The molecule has 2 aromatic rings. The lowest BCUT2D eigenvalue weighted by molar-refractivity contribution is -0.114. The van der Waals surface area contributed by atoms with Crippen LogP contribution in [0.2, 0.25) is 0 Å². The van der Waals surface area contributed by atoms with Crippen molar-refractivity contribution in [3.63, 3.8) is 0 Å². The second-order valence-electron chi connectivity index (χ2n) is 7.09. The highest BCUT2D eigenvalue weighted by molar-refractivity contribution is 7.89. The Hall–Kier alpha value is -3.40. The van der Waals surface area contributed by atoms with Crippen LogP contribution in [0.25, 0.3) is 6.08 Å². The predicted octanol–water partition coefficient (Wildman–Crippen LogP) is 1.52. The fourth-order valence-corrected chi connectivity index (χ4v) is 4.21. The smallest absolute Gasteiger partial charge is 0.275 e. The lowest BCUT2D eigenvalue weighted by Crippen LogP contribution is -2.26. The molecule has 0 aromatic heterocycles. The van der Waals surface area contributed by atoms with Crippen LogP contribution in [-0.4, -0.2) is 45.6 Å². The summed E-state index contributed by atoms with van der Waals surface area (Å²) in [4.78, 5) is 14.8. The Labute approximate surface area is 200 Å². The molecule has 6 N–H and O–H groups in total. The molecule has 0 saturated heterocycles. The van der Waals surface area contributed by atoms with Gasteiger partial charge in [0.2, 0.25) is 10.0 Å². The third kappa shape index (κ3) is 8.71. The summed E-state index contributed by atoms with van der Waals surface area (Å²) in [6.07, 6.45) is 1.03. The number of carbonyl (C=O) groups excluding carboxylic acids is 1. The zero-order valence-corrected chi connectivity index (χ0v) is 19.9. The Morgan fingerprint density at radius 1 is 1.11 bits per heavy atom. The minimum Gasteiger partial charge on any atom is -0.451 e. The number of sulfonamides is 1. The van der Waals surface area contributed by atoms with Gasteiger partial charge in [-0.15, -0.1) is 0 Å². The minimum absolute atomic E-state index is 0.00510. The highest BCUT2D eigenvalue weighted by Crippen LogP contribution is 2.30. The van der Waals surface area contributed by atoms with Gasteiger partial charge in [-0.2, -0.15) is 13.4 Å². The number of nitrogens with two attached hydrogens (primary N) is 2. The second-order valence-corrected chi connectivity index (χ2v) is 10.4. The first-order chi connectivity index (χ1) is 16.2. The number of guanidine groups is 1. The van der Waals surface area contributed by atoms with Gasteiger partial charge in [-0.25, -0.2) is 21.9 Å². The lowest BCUT2D eigenvalue weighted by atomic mass is 10.1. The van der Waals surface area contributed by atoms with Crippen molar-refractivity contribution in [1.82, 2.24) is 4.72 Å². The van der Waals surface area contributed by atoms with Crippen LogP contribution in [0.4, 0.5) is 8.78 Å². The van der Waals surface area contributed by atoms with E-state index in [1.165, 1.54) is 13.0 Å². The van der Waals surface area contributed by atoms with E-state index in [4.69, 9.17) is 20.8 Å². The number of rotatable bonds is 10. The maximum atomic E-state index is 14.5. The molecule has 2 aromatic carbocycles. The van der Waals surface area contributed by atoms with Gasteiger partial charge in [0, 0.05) is 12.1 Å². The largest absolute Gasteiger partial charge is 0.451 e. The van der Waals surface area contributed by atoms with Crippen molar-refractivity contribution >= 4 is 38.1 Å². The molecule has 0 aliphatic carbocycles. The van der Waals surface area contributed by atoms with E-state index in [1.807, 2.05) is 0 Å². The summed E-state index contributed by atoms with van der Waals surface area (Å²) >= 11 is 0. The van der Waals surface area contributed by atoms with Crippen molar-refractivity contribution in [3.05, 3.63) is 59.2 Å². The van der Waals surface area contributed by atoms with Gasteiger partial charge in [-0.05, 0) is 61.4 Å². The maximum absolute atomic E-state index is 14.5.